The van der Waals surface area contributed by atoms with E-state index >= 15 is 0 Å². The fourth-order valence-electron chi connectivity index (χ4n) is 2.34. The van der Waals surface area contributed by atoms with Crippen molar-refractivity contribution in [1.82, 2.24) is 14.9 Å². The van der Waals surface area contributed by atoms with Crippen molar-refractivity contribution in [3.63, 3.8) is 0 Å². The van der Waals surface area contributed by atoms with Gasteiger partial charge in [0.1, 0.15) is 5.69 Å². The van der Waals surface area contributed by atoms with E-state index in [1.807, 2.05) is 37.3 Å². The van der Waals surface area contributed by atoms with E-state index in [2.05, 4.69) is 9.97 Å². The molecule has 2 rings (SSSR count). The van der Waals surface area contributed by atoms with Gasteiger partial charge in [0.05, 0.1) is 12.4 Å². The number of carbonyl (C=O) groups excluding carboxylic acids is 1. The Morgan fingerprint density at radius 2 is 1.74 bits per heavy atom. The molecule has 1 aromatic carbocycles. The second-order valence-corrected chi connectivity index (χ2v) is 5.26. The lowest BCUT2D eigenvalue weighted by Crippen LogP contribution is -2.38. The van der Waals surface area contributed by atoms with Gasteiger partial charge < -0.3 is 10.0 Å². The molecule has 1 unspecified atom stereocenters. The highest BCUT2D eigenvalue weighted by Crippen LogP contribution is 2.13. The average Bonchev–Trinajstić information content (AvgIpc) is 2.59. The molecule has 6 heteroatoms. The number of nitrogens with zero attached hydrogens (tertiary/aromatic N) is 3. The largest absolute Gasteiger partial charge is 0.476 e. The summed E-state index contributed by atoms with van der Waals surface area (Å²) in [5.41, 5.74) is 1.12. The predicted octanol–water partition coefficient (Wildman–Crippen LogP) is 2.27. The fraction of sp³-hybridized carbons (Fsp3) is 0.294. The van der Waals surface area contributed by atoms with Crippen molar-refractivity contribution in [3.8, 4) is 0 Å². The summed E-state index contributed by atoms with van der Waals surface area (Å²) < 4.78 is 0. The summed E-state index contributed by atoms with van der Waals surface area (Å²) in [7, 11) is 1.73. The van der Waals surface area contributed by atoms with Crippen LogP contribution in [0, 0.1) is 0 Å². The number of likely N-dealkylation sites (N-methyl/N-ethyl adjacent to an activating group) is 1. The van der Waals surface area contributed by atoms with Crippen LogP contribution in [0.1, 0.15) is 39.9 Å². The van der Waals surface area contributed by atoms with Crippen molar-refractivity contribution in [2.45, 2.75) is 25.8 Å². The molecular weight excluding hydrogens is 294 g/mol. The molecular formula is C17H19N3O3. The molecule has 0 fully saturated rings. The Morgan fingerprint density at radius 3 is 2.26 bits per heavy atom. The molecule has 0 saturated heterocycles. The first-order chi connectivity index (χ1) is 11.0. The van der Waals surface area contributed by atoms with E-state index in [0.717, 1.165) is 24.6 Å². The van der Waals surface area contributed by atoms with Crippen LogP contribution in [0.25, 0.3) is 0 Å². The Kier molecular flexibility index (Phi) is 5.41. The molecule has 23 heavy (non-hydrogen) atoms. The van der Waals surface area contributed by atoms with E-state index in [0.29, 0.717) is 0 Å². The Hall–Kier alpha value is -2.76. The first-order valence-electron chi connectivity index (χ1n) is 7.39. The second-order valence-electron chi connectivity index (χ2n) is 5.26. The summed E-state index contributed by atoms with van der Waals surface area (Å²) in [6, 6.07) is 10.00. The number of rotatable bonds is 6. The van der Waals surface area contributed by atoms with E-state index in [1.54, 1.807) is 11.9 Å². The minimum absolute atomic E-state index is 0.0332. The predicted molar refractivity (Wildman–Crippen MR) is 85.3 cm³/mol. The summed E-state index contributed by atoms with van der Waals surface area (Å²) >= 11 is 0. The van der Waals surface area contributed by atoms with Crippen molar-refractivity contribution >= 4 is 11.9 Å². The van der Waals surface area contributed by atoms with E-state index in [9.17, 15) is 9.59 Å². The Labute approximate surface area is 134 Å². The molecule has 1 atom stereocenters. The number of hydrogen-bond donors (Lipinski definition) is 1. The van der Waals surface area contributed by atoms with Crippen LogP contribution in [0.15, 0.2) is 42.7 Å². The maximum absolute atomic E-state index is 12.5. The van der Waals surface area contributed by atoms with Gasteiger partial charge in [0.2, 0.25) is 0 Å². The number of amides is 1. The normalized spacial score (nSPS) is 11.7. The molecule has 1 N–H and O–H groups in total. The van der Waals surface area contributed by atoms with Crippen molar-refractivity contribution in [2.24, 2.45) is 0 Å². The van der Waals surface area contributed by atoms with Crippen molar-refractivity contribution in [1.29, 1.82) is 0 Å². The molecule has 1 amide bonds. The number of hydrogen-bond acceptors (Lipinski definition) is 4. The molecule has 0 aliphatic heterocycles. The standard InChI is InChI=1S/C17H19N3O3/c1-3-13(9-12-7-5-4-6-8-12)20(2)16(21)14-10-19-15(11-18-14)17(22)23/h4-8,10-11,13H,3,9H2,1-2H3,(H,22,23). The maximum Gasteiger partial charge on any atom is 0.356 e. The van der Waals surface area contributed by atoms with Gasteiger partial charge in [-0.25, -0.2) is 14.8 Å². The van der Waals surface area contributed by atoms with Crippen molar-refractivity contribution in [2.75, 3.05) is 7.05 Å². The third-order valence-corrected chi connectivity index (χ3v) is 3.74. The van der Waals surface area contributed by atoms with Gasteiger partial charge in [0, 0.05) is 13.1 Å². The molecule has 120 valence electrons. The molecule has 0 saturated carbocycles. The summed E-state index contributed by atoms with van der Waals surface area (Å²) in [4.78, 5) is 32.6. The minimum atomic E-state index is -1.17. The summed E-state index contributed by atoms with van der Waals surface area (Å²) in [5, 5.41) is 8.82. The zero-order chi connectivity index (χ0) is 16.8. The van der Waals surface area contributed by atoms with Gasteiger partial charge in [0.15, 0.2) is 5.69 Å². The highest BCUT2D eigenvalue weighted by Gasteiger charge is 2.21. The van der Waals surface area contributed by atoms with Gasteiger partial charge in [-0.3, -0.25) is 4.79 Å². The van der Waals surface area contributed by atoms with E-state index in [-0.39, 0.29) is 23.3 Å². The molecule has 1 heterocycles. The van der Waals surface area contributed by atoms with Gasteiger partial charge in [-0.1, -0.05) is 37.3 Å². The third kappa shape index (κ3) is 4.12. The first kappa shape index (κ1) is 16.6. The number of carboxylic acids is 1. The maximum atomic E-state index is 12.5. The van der Waals surface area contributed by atoms with Crippen LogP contribution >= 0.6 is 0 Å². The van der Waals surface area contributed by atoms with Gasteiger partial charge in [0.25, 0.3) is 5.91 Å². The molecule has 0 aliphatic carbocycles. The smallest absolute Gasteiger partial charge is 0.356 e. The van der Waals surface area contributed by atoms with Crippen LogP contribution in [-0.4, -0.2) is 44.9 Å². The molecule has 0 radical (unpaired) electrons. The second kappa shape index (κ2) is 7.49. The van der Waals surface area contributed by atoms with E-state index in [1.165, 1.54) is 6.20 Å². The van der Waals surface area contributed by atoms with Crippen LogP contribution < -0.4 is 0 Å². The van der Waals surface area contributed by atoms with E-state index < -0.39 is 5.97 Å². The number of carbonyl (C=O) groups is 2. The number of aromatic nitrogens is 2. The molecule has 1 aromatic heterocycles. The Morgan fingerprint density at radius 1 is 1.13 bits per heavy atom. The van der Waals surface area contributed by atoms with Crippen LogP contribution in [0.3, 0.4) is 0 Å². The summed E-state index contributed by atoms with van der Waals surface area (Å²) in [6.45, 7) is 2.02. The topological polar surface area (TPSA) is 83.4 Å². The Bertz CT molecular complexity index is 671. The highest BCUT2D eigenvalue weighted by molar-refractivity contribution is 5.92. The van der Waals surface area contributed by atoms with Crippen LogP contribution in [0.5, 0.6) is 0 Å². The van der Waals surface area contributed by atoms with Gasteiger partial charge in [-0.15, -0.1) is 0 Å². The van der Waals surface area contributed by atoms with Crippen LogP contribution in [-0.2, 0) is 6.42 Å². The average molecular weight is 313 g/mol. The number of benzene rings is 1. The Balaban J connectivity index is 2.11. The first-order valence-corrected chi connectivity index (χ1v) is 7.39. The molecule has 0 bridgehead atoms. The van der Waals surface area contributed by atoms with Crippen molar-refractivity contribution in [3.05, 3.63) is 59.7 Å². The molecule has 0 aliphatic rings. The van der Waals surface area contributed by atoms with Crippen LogP contribution in [0.4, 0.5) is 0 Å². The van der Waals surface area contributed by atoms with Gasteiger partial charge in [-0.2, -0.15) is 0 Å². The van der Waals surface area contributed by atoms with Crippen molar-refractivity contribution < 1.29 is 14.7 Å². The lowest BCUT2D eigenvalue weighted by Gasteiger charge is -2.27. The van der Waals surface area contributed by atoms with Crippen LogP contribution in [0.2, 0.25) is 0 Å². The molecule has 0 spiro atoms. The van der Waals surface area contributed by atoms with Gasteiger partial charge >= 0.3 is 5.97 Å². The molecule has 6 nitrogen and oxygen atoms in total. The van der Waals surface area contributed by atoms with Gasteiger partial charge in [-0.05, 0) is 18.4 Å². The minimum Gasteiger partial charge on any atom is -0.476 e. The highest BCUT2D eigenvalue weighted by atomic mass is 16.4. The quantitative estimate of drug-likeness (QED) is 0.884. The lowest BCUT2D eigenvalue weighted by atomic mass is 10.0. The zero-order valence-electron chi connectivity index (χ0n) is 13.1. The number of aromatic carboxylic acids is 1. The van der Waals surface area contributed by atoms with E-state index in [4.69, 9.17) is 5.11 Å². The summed E-state index contributed by atoms with van der Waals surface area (Å²) in [5.74, 6) is -1.43. The monoisotopic (exact) mass is 313 g/mol. The number of carboxylic acid groups (broad SMARTS) is 1. The SMILES string of the molecule is CCC(Cc1ccccc1)N(C)C(=O)c1cnc(C(=O)O)cn1. The fourth-order valence-corrected chi connectivity index (χ4v) is 2.34. The summed E-state index contributed by atoms with van der Waals surface area (Å²) in [6.07, 6.45) is 3.86. The third-order valence-electron chi connectivity index (χ3n) is 3.74. The molecule has 2 aromatic rings. The lowest BCUT2D eigenvalue weighted by molar-refractivity contribution is 0.0682. The zero-order valence-corrected chi connectivity index (χ0v) is 13.1.